The lowest BCUT2D eigenvalue weighted by Gasteiger charge is -2.36. The number of nitrogens with zero attached hydrogens (tertiary/aromatic N) is 1. The van der Waals surface area contributed by atoms with Crippen molar-refractivity contribution in [1.82, 2.24) is 10.2 Å². The summed E-state index contributed by atoms with van der Waals surface area (Å²) in [7, 11) is 0. The smallest absolute Gasteiger partial charge is 0.0408 e. The first-order valence-corrected chi connectivity index (χ1v) is 6.85. The molecule has 1 saturated heterocycles. The maximum atomic E-state index is 6.06. The molecule has 1 aliphatic carbocycles. The lowest BCUT2D eigenvalue weighted by Crippen LogP contribution is -2.53. The summed E-state index contributed by atoms with van der Waals surface area (Å²) in [4.78, 5) is 2.63. The molecule has 2 unspecified atom stereocenters. The number of hydrogen-bond donors (Lipinski definition) is 1. The molecule has 3 rings (SSSR count). The lowest BCUT2D eigenvalue weighted by atomic mass is 10.1. The number of fused-ring (bicyclic) bond motifs is 1. The molecule has 0 bridgehead atoms. The van der Waals surface area contributed by atoms with Crippen LogP contribution >= 0.6 is 11.6 Å². The van der Waals surface area contributed by atoms with Crippen molar-refractivity contribution in [3.8, 4) is 0 Å². The average Bonchev–Trinajstić information content (AvgIpc) is 2.72. The summed E-state index contributed by atoms with van der Waals surface area (Å²) in [5.74, 6) is 0. The summed E-state index contributed by atoms with van der Waals surface area (Å²) in [5.41, 5.74) is 2.94. The van der Waals surface area contributed by atoms with Crippen molar-refractivity contribution in [2.75, 3.05) is 19.6 Å². The molecule has 0 spiro atoms. The molecule has 1 aromatic rings. The van der Waals surface area contributed by atoms with Gasteiger partial charge in [-0.25, -0.2) is 0 Å². The molecule has 1 N–H and O–H groups in total. The molecule has 0 aromatic heterocycles. The predicted octanol–water partition coefficient (Wildman–Crippen LogP) is 2.10. The normalized spacial score (nSPS) is 29.3. The first-order chi connectivity index (χ1) is 8.22. The van der Waals surface area contributed by atoms with Crippen molar-refractivity contribution in [1.29, 1.82) is 0 Å². The van der Waals surface area contributed by atoms with E-state index >= 15 is 0 Å². The third-order valence-electron chi connectivity index (χ3n) is 4.00. The van der Waals surface area contributed by atoms with Gasteiger partial charge >= 0.3 is 0 Å². The fourth-order valence-corrected chi connectivity index (χ4v) is 3.31. The summed E-state index contributed by atoms with van der Waals surface area (Å²) in [6.07, 6.45) is 2.36. The Morgan fingerprint density at radius 2 is 2.12 bits per heavy atom. The van der Waals surface area contributed by atoms with Gasteiger partial charge in [-0.1, -0.05) is 17.7 Å². The zero-order chi connectivity index (χ0) is 11.8. The summed E-state index contributed by atoms with van der Waals surface area (Å²) < 4.78 is 0. The Labute approximate surface area is 108 Å². The maximum Gasteiger partial charge on any atom is 0.0408 e. The highest BCUT2D eigenvalue weighted by Gasteiger charge is 2.29. The quantitative estimate of drug-likeness (QED) is 0.821. The van der Waals surface area contributed by atoms with Crippen LogP contribution in [0.2, 0.25) is 5.02 Å². The molecule has 17 heavy (non-hydrogen) atoms. The monoisotopic (exact) mass is 250 g/mol. The Kier molecular flexibility index (Phi) is 3.12. The van der Waals surface area contributed by atoms with Crippen LogP contribution in [-0.2, 0) is 12.8 Å². The van der Waals surface area contributed by atoms with Crippen LogP contribution < -0.4 is 5.32 Å². The van der Waals surface area contributed by atoms with Gasteiger partial charge in [-0.15, -0.1) is 0 Å². The van der Waals surface area contributed by atoms with Crippen molar-refractivity contribution in [3.63, 3.8) is 0 Å². The maximum absolute atomic E-state index is 6.06. The second-order valence-electron chi connectivity index (χ2n) is 5.33. The van der Waals surface area contributed by atoms with E-state index < -0.39 is 0 Å². The van der Waals surface area contributed by atoms with E-state index in [1.807, 2.05) is 6.07 Å². The van der Waals surface area contributed by atoms with E-state index in [1.165, 1.54) is 37.1 Å². The van der Waals surface area contributed by atoms with Gasteiger partial charge in [0.2, 0.25) is 0 Å². The van der Waals surface area contributed by atoms with Gasteiger partial charge in [-0.05, 0) is 43.0 Å². The van der Waals surface area contributed by atoms with E-state index in [-0.39, 0.29) is 0 Å². The number of halogens is 1. The Morgan fingerprint density at radius 1 is 1.29 bits per heavy atom. The topological polar surface area (TPSA) is 15.3 Å². The van der Waals surface area contributed by atoms with Gasteiger partial charge in [0.25, 0.3) is 0 Å². The second kappa shape index (κ2) is 4.60. The molecule has 1 fully saturated rings. The first-order valence-electron chi connectivity index (χ1n) is 6.47. The standard InChI is InChI=1S/C14H19ClN2/c1-10-9-17(5-4-16-10)14-7-11-2-3-13(15)6-12(11)8-14/h2-3,6,10,14,16H,4-5,7-9H2,1H3. The Balaban J connectivity index is 1.73. The van der Waals surface area contributed by atoms with Crippen LogP contribution in [0.1, 0.15) is 18.1 Å². The van der Waals surface area contributed by atoms with Gasteiger partial charge in [0.15, 0.2) is 0 Å². The fraction of sp³-hybridized carbons (Fsp3) is 0.571. The molecule has 0 radical (unpaired) electrons. The summed E-state index contributed by atoms with van der Waals surface area (Å²) in [6, 6.07) is 7.67. The molecule has 1 aromatic carbocycles. The molecule has 2 nitrogen and oxygen atoms in total. The van der Waals surface area contributed by atoms with E-state index in [0.717, 1.165) is 11.6 Å². The minimum Gasteiger partial charge on any atom is -0.312 e. The largest absolute Gasteiger partial charge is 0.312 e. The molecule has 2 atom stereocenters. The van der Waals surface area contributed by atoms with Crippen LogP contribution in [0.5, 0.6) is 0 Å². The minimum atomic E-state index is 0.621. The molecule has 0 amide bonds. The van der Waals surface area contributed by atoms with Crippen LogP contribution in [0.15, 0.2) is 18.2 Å². The Morgan fingerprint density at radius 3 is 2.94 bits per heavy atom. The van der Waals surface area contributed by atoms with E-state index in [2.05, 4.69) is 29.3 Å². The molecular formula is C14H19ClN2. The molecule has 0 saturated carbocycles. The van der Waals surface area contributed by atoms with Gasteiger partial charge in [0.05, 0.1) is 0 Å². The van der Waals surface area contributed by atoms with Crippen LogP contribution in [0.3, 0.4) is 0 Å². The Bertz CT molecular complexity index is 419. The Hall–Kier alpha value is -0.570. The second-order valence-corrected chi connectivity index (χ2v) is 5.76. The molecule has 3 heteroatoms. The average molecular weight is 251 g/mol. The van der Waals surface area contributed by atoms with Crippen molar-refractivity contribution >= 4 is 11.6 Å². The fourth-order valence-electron chi connectivity index (χ4n) is 3.12. The molecule has 1 heterocycles. The highest BCUT2D eigenvalue weighted by molar-refractivity contribution is 6.30. The molecular weight excluding hydrogens is 232 g/mol. The van der Waals surface area contributed by atoms with Crippen LogP contribution in [-0.4, -0.2) is 36.6 Å². The first kappa shape index (κ1) is 11.5. The van der Waals surface area contributed by atoms with Crippen LogP contribution in [0.4, 0.5) is 0 Å². The number of benzene rings is 1. The highest BCUT2D eigenvalue weighted by atomic mass is 35.5. The third kappa shape index (κ3) is 2.35. The van der Waals surface area contributed by atoms with Crippen LogP contribution in [0, 0.1) is 0 Å². The highest BCUT2D eigenvalue weighted by Crippen LogP contribution is 2.28. The van der Waals surface area contributed by atoms with Crippen molar-refractivity contribution in [2.24, 2.45) is 0 Å². The minimum absolute atomic E-state index is 0.621. The zero-order valence-electron chi connectivity index (χ0n) is 10.2. The van der Waals surface area contributed by atoms with Gasteiger partial charge in [0.1, 0.15) is 0 Å². The van der Waals surface area contributed by atoms with E-state index in [4.69, 9.17) is 11.6 Å². The molecule has 1 aliphatic heterocycles. The van der Waals surface area contributed by atoms with E-state index in [0.29, 0.717) is 12.1 Å². The number of nitrogens with one attached hydrogen (secondary N) is 1. The molecule has 2 aliphatic rings. The van der Waals surface area contributed by atoms with Crippen molar-refractivity contribution < 1.29 is 0 Å². The number of rotatable bonds is 1. The van der Waals surface area contributed by atoms with Gasteiger partial charge in [-0.2, -0.15) is 0 Å². The van der Waals surface area contributed by atoms with E-state index in [1.54, 1.807) is 0 Å². The van der Waals surface area contributed by atoms with Gasteiger partial charge in [0, 0.05) is 36.7 Å². The summed E-state index contributed by atoms with van der Waals surface area (Å²) in [6.45, 7) is 5.74. The molecule has 92 valence electrons. The van der Waals surface area contributed by atoms with Gasteiger partial charge in [-0.3, -0.25) is 4.90 Å². The third-order valence-corrected chi connectivity index (χ3v) is 4.23. The van der Waals surface area contributed by atoms with Gasteiger partial charge < -0.3 is 5.32 Å². The summed E-state index contributed by atoms with van der Waals surface area (Å²) in [5, 5.41) is 4.38. The summed E-state index contributed by atoms with van der Waals surface area (Å²) >= 11 is 6.06. The lowest BCUT2D eigenvalue weighted by molar-refractivity contribution is 0.152. The number of piperazine rings is 1. The van der Waals surface area contributed by atoms with E-state index in [9.17, 15) is 0 Å². The van der Waals surface area contributed by atoms with Crippen LogP contribution in [0.25, 0.3) is 0 Å². The number of hydrogen-bond acceptors (Lipinski definition) is 2. The van der Waals surface area contributed by atoms with Crippen molar-refractivity contribution in [2.45, 2.75) is 31.8 Å². The van der Waals surface area contributed by atoms with Crippen molar-refractivity contribution in [3.05, 3.63) is 34.3 Å². The SMILES string of the molecule is CC1CN(C2Cc3ccc(Cl)cc3C2)CCN1. The predicted molar refractivity (Wildman–Crippen MR) is 71.7 cm³/mol. The zero-order valence-corrected chi connectivity index (χ0v) is 11.0.